The van der Waals surface area contributed by atoms with E-state index in [1.165, 1.54) is 0 Å². The Labute approximate surface area is 86.3 Å². The van der Waals surface area contributed by atoms with Crippen molar-refractivity contribution in [3.63, 3.8) is 0 Å². The Balaban J connectivity index is 2.93. The number of benzene rings is 1. The average Bonchev–Trinajstić information content (AvgIpc) is 2.04. The molecule has 0 aromatic heterocycles. The van der Waals surface area contributed by atoms with E-state index in [1.807, 2.05) is 12.1 Å². The van der Waals surface area contributed by atoms with Gasteiger partial charge in [0.15, 0.2) is 0 Å². The lowest BCUT2D eigenvalue weighted by atomic mass is 9.95. The van der Waals surface area contributed by atoms with Gasteiger partial charge in [-0.15, -0.1) is 0 Å². The molecule has 0 fully saturated rings. The Kier molecular flexibility index (Phi) is 3.45. The van der Waals surface area contributed by atoms with Gasteiger partial charge in [-0.05, 0) is 37.6 Å². The summed E-state index contributed by atoms with van der Waals surface area (Å²) >= 11 is 3.31. The molecule has 1 atom stereocenters. The smallest absolute Gasteiger partial charge is 0.134 e. The maximum Gasteiger partial charge on any atom is 0.134 e. The molecular formula is C10H13BrFN. The van der Waals surface area contributed by atoms with E-state index in [0.717, 1.165) is 4.47 Å². The van der Waals surface area contributed by atoms with Crippen molar-refractivity contribution in [3.05, 3.63) is 34.3 Å². The lowest BCUT2D eigenvalue weighted by Crippen LogP contribution is -2.19. The number of nitrogens with two attached hydrogens (primary N) is 1. The summed E-state index contributed by atoms with van der Waals surface area (Å²) in [6.45, 7) is 1.92. The molecule has 13 heavy (non-hydrogen) atoms. The van der Waals surface area contributed by atoms with E-state index in [2.05, 4.69) is 15.9 Å². The molecule has 0 spiro atoms. The molecule has 1 nitrogen and oxygen atoms in total. The van der Waals surface area contributed by atoms with Gasteiger partial charge in [-0.3, -0.25) is 0 Å². The van der Waals surface area contributed by atoms with Gasteiger partial charge in [-0.2, -0.15) is 0 Å². The molecule has 1 aromatic rings. The van der Waals surface area contributed by atoms with Crippen LogP contribution < -0.4 is 5.73 Å². The second-order valence-electron chi connectivity index (χ2n) is 3.25. The van der Waals surface area contributed by atoms with E-state index in [1.54, 1.807) is 19.1 Å². The standard InChI is InChI=1S/C10H13BrFN/c1-10(12,5-6-13)8-3-2-4-9(11)7-8/h2-4,7H,5-6,13H2,1H3. The molecule has 0 bridgehead atoms. The van der Waals surface area contributed by atoms with Crippen molar-refractivity contribution < 1.29 is 4.39 Å². The molecule has 0 aliphatic rings. The quantitative estimate of drug-likeness (QED) is 0.871. The van der Waals surface area contributed by atoms with Crippen molar-refractivity contribution in [1.29, 1.82) is 0 Å². The molecule has 0 saturated heterocycles. The maximum atomic E-state index is 13.9. The van der Waals surface area contributed by atoms with Gasteiger partial charge in [-0.25, -0.2) is 4.39 Å². The van der Waals surface area contributed by atoms with E-state index >= 15 is 0 Å². The van der Waals surface area contributed by atoms with Crippen LogP contribution in [-0.4, -0.2) is 6.54 Å². The van der Waals surface area contributed by atoms with Gasteiger partial charge in [0.25, 0.3) is 0 Å². The predicted octanol–water partition coefficient (Wildman–Crippen LogP) is 2.98. The first-order chi connectivity index (χ1) is 6.06. The topological polar surface area (TPSA) is 26.0 Å². The number of hydrogen-bond acceptors (Lipinski definition) is 1. The Hall–Kier alpha value is -0.410. The molecule has 0 saturated carbocycles. The largest absolute Gasteiger partial charge is 0.330 e. The molecule has 1 rings (SSSR count). The number of rotatable bonds is 3. The molecule has 0 amide bonds. The first-order valence-corrected chi connectivity index (χ1v) is 5.00. The molecule has 0 heterocycles. The Morgan fingerprint density at radius 2 is 2.23 bits per heavy atom. The highest BCUT2D eigenvalue weighted by Gasteiger charge is 2.24. The van der Waals surface area contributed by atoms with Crippen molar-refractivity contribution in [2.24, 2.45) is 5.73 Å². The number of hydrogen-bond donors (Lipinski definition) is 1. The van der Waals surface area contributed by atoms with Crippen LogP contribution in [0.25, 0.3) is 0 Å². The third kappa shape index (κ3) is 2.78. The Morgan fingerprint density at radius 3 is 2.77 bits per heavy atom. The van der Waals surface area contributed by atoms with Gasteiger partial charge >= 0.3 is 0 Å². The highest BCUT2D eigenvalue weighted by Crippen LogP contribution is 2.30. The molecule has 0 aliphatic heterocycles. The van der Waals surface area contributed by atoms with Crippen LogP contribution >= 0.6 is 15.9 Å². The van der Waals surface area contributed by atoms with Gasteiger partial charge < -0.3 is 5.73 Å². The molecule has 3 heteroatoms. The first kappa shape index (κ1) is 10.7. The van der Waals surface area contributed by atoms with Crippen LogP contribution in [0.15, 0.2) is 28.7 Å². The summed E-state index contributed by atoms with van der Waals surface area (Å²) in [7, 11) is 0. The van der Waals surface area contributed by atoms with Gasteiger partial charge in [0.2, 0.25) is 0 Å². The zero-order chi connectivity index (χ0) is 9.90. The van der Waals surface area contributed by atoms with Crippen molar-refractivity contribution >= 4 is 15.9 Å². The summed E-state index contributed by atoms with van der Waals surface area (Å²) in [6, 6.07) is 7.27. The van der Waals surface area contributed by atoms with Crippen LogP contribution in [0.5, 0.6) is 0 Å². The van der Waals surface area contributed by atoms with Crippen LogP contribution in [0.3, 0.4) is 0 Å². The number of halogens is 2. The zero-order valence-corrected chi connectivity index (χ0v) is 9.14. The first-order valence-electron chi connectivity index (χ1n) is 4.21. The minimum atomic E-state index is -1.32. The van der Waals surface area contributed by atoms with Crippen LogP contribution in [0.1, 0.15) is 18.9 Å². The lowest BCUT2D eigenvalue weighted by molar-refractivity contribution is 0.180. The van der Waals surface area contributed by atoms with Crippen LogP contribution in [-0.2, 0) is 5.67 Å². The summed E-state index contributed by atoms with van der Waals surface area (Å²) in [5.74, 6) is 0. The van der Waals surface area contributed by atoms with Crippen LogP contribution in [0.2, 0.25) is 0 Å². The summed E-state index contributed by atoms with van der Waals surface area (Å²) in [4.78, 5) is 0. The van der Waals surface area contributed by atoms with E-state index in [9.17, 15) is 4.39 Å². The van der Waals surface area contributed by atoms with Crippen LogP contribution in [0.4, 0.5) is 4.39 Å². The Morgan fingerprint density at radius 1 is 1.54 bits per heavy atom. The van der Waals surface area contributed by atoms with Gasteiger partial charge in [-0.1, -0.05) is 28.1 Å². The van der Waals surface area contributed by atoms with Crippen molar-refractivity contribution in [3.8, 4) is 0 Å². The van der Waals surface area contributed by atoms with Crippen molar-refractivity contribution in [2.45, 2.75) is 19.0 Å². The van der Waals surface area contributed by atoms with Crippen LogP contribution in [0, 0.1) is 0 Å². The van der Waals surface area contributed by atoms with Gasteiger partial charge in [0.1, 0.15) is 5.67 Å². The molecule has 0 aliphatic carbocycles. The lowest BCUT2D eigenvalue weighted by Gasteiger charge is -2.19. The highest BCUT2D eigenvalue weighted by atomic mass is 79.9. The van der Waals surface area contributed by atoms with Gasteiger partial charge in [0.05, 0.1) is 0 Å². The normalized spacial score (nSPS) is 15.4. The number of alkyl halides is 1. The van der Waals surface area contributed by atoms with Crippen molar-refractivity contribution in [1.82, 2.24) is 0 Å². The molecule has 2 N–H and O–H groups in total. The summed E-state index contributed by atoms with van der Waals surface area (Å²) in [6.07, 6.45) is 0.351. The van der Waals surface area contributed by atoms with E-state index < -0.39 is 5.67 Å². The molecule has 1 aromatic carbocycles. The second kappa shape index (κ2) is 4.20. The van der Waals surface area contributed by atoms with E-state index in [0.29, 0.717) is 18.5 Å². The van der Waals surface area contributed by atoms with Crippen molar-refractivity contribution in [2.75, 3.05) is 6.54 Å². The Bertz CT molecular complexity index is 286. The minimum Gasteiger partial charge on any atom is -0.330 e. The monoisotopic (exact) mass is 245 g/mol. The summed E-state index contributed by atoms with van der Waals surface area (Å²) in [5.41, 5.74) is 4.69. The van der Waals surface area contributed by atoms with E-state index in [-0.39, 0.29) is 0 Å². The fourth-order valence-electron chi connectivity index (χ4n) is 1.23. The molecule has 72 valence electrons. The molecule has 1 unspecified atom stereocenters. The third-order valence-electron chi connectivity index (χ3n) is 2.04. The van der Waals surface area contributed by atoms with Gasteiger partial charge in [0, 0.05) is 4.47 Å². The zero-order valence-electron chi connectivity index (χ0n) is 7.56. The maximum absolute atomic E-state index is 13.9. The fourth-order valence-corrected chi connectivity index (χ4v) is 1.63. The third-order valence-corrected chi connectivity index (χ3v) is 2.53. The SMILES string of the molecule is CC(F)(CCN)c1cccc(Br)c1. The average molecular weight is 246 g/mol. The molecular weight excluding hydrogens is 233 g/mol. The summed E-state index contributed by atoms with van der Waals surface area (Å²) in [5, 5.41) is 0. The predicted molar refractivity (Wildman–Crippen MR) is 56.3 cm³/mol. The summed E-state index contributed by atoms with van der Waals surface area (Å²) < 4.78 is 14.8. The molecule has 0 radical (unpaired) electrons. The van der Waals surface area contributed by atoms with E-state index in [4.69, 9.17) is 5.73 Å². The second-order valence-corrected chi connectivity index (χ2v) is 4.16. The fraction of sp³-hybridized carbons (Fsp3) is 0.400. The highest BCUT2D eigenvalue weighted by molar-refractivity contribution is 9.10. The minimum absolute atomic E-state index is 0.351.